The number of fused-ring (bicyclic) bond motifs is 1. The van der Waals surface area contributed by atoms with Crippen molar-refractivity contribution in [2.45, 2.75) is 0 Å². The minimum absolute atomic E-state index is 0.0806. The lowest BCUT2D eigenvalue weighted by Crippen LogP contribution is -2.59. The first-order valence-electron chi connectivity index (χ1n) is 5.86. The summed E-state index contributed by atoms with van der Waals surface area (Å²) < 4.78 is 0. The lowest BCUT2D eigenvalue weighted by Gasteiger charge is -2.51. The van der Waals surface area contributed by atoms with Crippen LogP contribution in [0.2, 0.25) is 0 Å². The van der Waals surface area contributed by atoms with Gasteiger partial charge >= 0.3 is 5.97 Å². The Morgan fingerprint density at radius 3 is 2.29 bits per heavy atom. The number of hydrogen-bond donors (Lipinski definition) is 2. The summed E-state index contributed by atoms with van der Waals surface area (Å²) in [4.78, 5) is 24.9. The first kappa shape index (κ1) is 12.1. The number of carbonyl (C=O) groups is 2. The first-order chi connectivity index (χ1) is 8.02. The van der Waals surface area contributed by atoms with Gasteiger partial charge in [0.1, 0.15) is 0 Å². The van der Waals surface area contributed by atoms with Crippen molar-refractivity contribution in [1.29, 1.82) is 0 Å². The molecule has 0 saturated heterocycles. The fourth-order valence-corrected chi connectivity index (χ4v) is 2.60. The van der Waals surface area contributed by atoms with Gasteiger partial charge in [0.25, 0.3) is 0 Å². The highest BCUT2D eigenvalue weighted by Crippen LogP contribution is 2.53. The Labute approximate surface area is 100 Å². The monoisotopic (exact) mass is 238 g/mol. The van der Waals surface area contributed by atoms with Crippen molar-refractivity contribution in [2.24, 2.45) is 23.7 Å². The summed E-state index contributed by atoms with van der Waals surface area (Å²) >= 11 is 0. The van der Waals surface area contributed by atoms with Crippen LogP contribution in [-0.2, 0) is 9.59 Å². The molecule has 0 aromatic carbocycles. The smallest absolute Gasteiger partial charge is 0.307 e. The average molecular weight is 238 g/mol. The van der Waals surface area contributed by atoms with E-state index >= 15 is 0 Å². The molecule has 1 saturated carbocycles. The zero-order valence-corrected chi connectivity index (χ0v) is 10.1. The van der Waals surface area contributed by atoms with Crippen LogP contribution in [0.3, 0.4) is 0 Å². The molecule has 4 atom stereocenters. The minimum Gasteiger partial charge on any atom is -0.481 e. The Balaban J connectivity index is 1.87. The van der Waals surface area contributed by atoms with Gasteiger partial charge < -0.3 is 15.3 Å². The molecular formula is C12H18N2O3. The average Bonchev–Trinajstić information content (AvgIpc) is 2.19. The zero-order valence-electron chi connectivity index (χ0n) is 10.1. The third-order valence-corrected chi connectivity index (χ3v) is 3.66. The second kappa shape index (κ2) is 4.49. The van der Waals surface area contributed by atoms with Crippen LogP contribution in [0.5, 0.6) is 0 Å². The van der Waals surface area contributed by atoms with Crippen LogP contribution in [0.15, 0.2) is 12.2 Å². The maximum absolute atomic E-state index is 11.9. The van der Waals surface area contributed by atoms with Gasteiger partial charge in [-0.25, -0.2) is 0 Å². The molecule has 2 aliphatic rings. The van der Waals surface area contributed by atoms with Crippen LogP contribution in [-0.4, -0.2) is 49.1 Å². The highest BCUT2D eigenvalue weighted by Gasteiger charge is 2.58. The second-order valence-corrected chi connectivity index (χ2v) is 5.02. The molecular weight excluding hydrogens is 220 g/mol. The van der Waals surface area contributed by atoms with E-state index in [0.717, 1.165) is 6.54 Å². The Bertz CT molecular complexity index is 365. The number of hydrogen-bond acceptors (Lipinski definition) is 3. The number of carboxylic acids is 1. The van der Waals surface area contributed by atoms with E-state index in [9.17, 15) is 9.59 Å². The normalized spacial score (nSPS) is 33.6. The second-order valence-electron chi connectivity index (χ2n) is 5.02. The third-order valence-electron chi connectivity index (χ3n) is 3.66. The van der Waals surface area contributed by atoms with Crippen LogP contribution >= 0.6 is 0 Å². The molecule has 17 heavy (non-hydrogen) atoms. The predicted molar refractivity (Wildman–Crippen MR) is 62.3 cm³/mol. The molecule has 2 rings (SSSR count). The molecule has 1 amide bonds. The highest BCUT2D eigenvalue weighted by atomic mass is 16.4. The molecule has 0 aliphatic heterocycles. The highest BCUT2D eigenvalue weighted by molar-refractivity contribution is 5.88. The van der Waals surface area contributed by atoms with Crippen LogP contribution < -0.4 is 5.32 Å². The lowest BCUT2D eigenvalue weighted by molar-refractivity contribution is -0.162. The van der Waals surface area contributed by atoms with E-state index in [4.69, 9.17) is 5.11 Å². The van der Waals surface area contributed by atoms with Crippen LogP contribution in [0.25, 0.3) is 0 Å². The topological polar surface area (TPSA) is 69.6 Å². The van der Waals surface area contributed by atoms with Crippen molar-refractivity contribution in [3.8, 4) is 0 Å². The number of amides is 1. The van der Waals surface area contributed by atoms with Crippen molar-refractivity contribution in [3.05, 3.63) is 12.2 Å². The van der Waals surface area contributed by atoms with Crippen molar-refractivity contribution >= 4 is 11.9 Å². The van der Waals surface area contributed by atoms with Gasteiger partial charge in [0.2, 0.25) is 5.91 Å². The Morgan fingerprint density at radius 2 is 1.82 bits per heavy atom. The number of nitrogens with zero attached hydrogens (tertiary/aromatic N) is 1. The summed E-state index contributed by atoms with van der Waals surface area (Å²) in [6.07, 6.45) is 3.84. The van der Waals surface area contributed by atoms with E-state index in [1.807, 2.05) is 31.1 Å². The largest absolute Gasteiger partial charge is 0.481 e. The molecule has 0 bridgehead atoms. The summed E-state index contributed by atoms with van der Waals surface area (Å²) in [5, 5.41) is 11.9. The number of nitrogens with one attached hydrogen (secondary N) is 1. The number of likely N-dealkylation sites (N-methyl/N-ethyl adjacent to an activating group) is 1. The van der Waals surface area contributed by atoms with E-state index in [0.29, 0.717) is 6.54 Å². The molecule has 1 fully saturated rings. The molecule has 0 spiro atoms. The third kappa shape index (κ3) is 2.07. The van der Waals surface area contributed by atoms with Gasteiger partial charge in [-0.1, -0.05) is 12.2 Å². The first-order valence-corrected chi connectivity index (χ1v) is 5.86. The van der Waals surface area contributed by atoms with Crippen molar-refractivity contribution in [1.82, 2.24) is 10.2 Å². The summed E-state index contributed by atoms with van der Waals surface area (Å²) in [7, 11) is 3.86. The molecule has 2 N–H and O–H groups in total. The molecule has 2 aliphatic carbocycles. The zero-order chi connectivity index (χ0) is 12.6. The molecule has 5 nitrogen and oxygen atoms in total. The number of aliphatic carboxylic acids is 1. The maximum atomic E-state index is 11.9. The molecule has 0 aromatic rings. The van der Waals surface area contributed by atoms with Crippen molar-refractivity contribution in [2.75, 3.05) is 27.2 Å². The van der Waals surface area contributed by atoms with Gasteiger partial charge in [-0.05, 0) is 25.9 Å². The molecule has 3 unspecified atom stereocenters. The van der Waals surface area contributed by atoms with Crippen LogP contribution in [0, 0.1) is 23.7 Å². The van der Waals surface area contributed by atoms with Gasteiger partial charge in [-0.3, -0.25) is 9.59 Å². The molecule has 94 valence electrons. The van der Waals surface area contributed by atoms with Gasteiger partial charge in [0.15, 0.2) is 0 Å². The van der Waals surface area contributed by atoms with Crippen LogP contribution in [0.4, 0.5) is 0 Å². The number of rotatable bonds is 5. The van der Waals surface area contributed by atoms with E-state index in [1.54, 1.807) is 0 Å². The SMILES string of the molecule is CN(C)CCNC(=O)C1C(C(=O)O)C2C=C[C@H]21. The fraction of sp³-hybridized carbons (Fsp3) is 0.667. The van der Waals surface area contributed by atoms with Gasteiger partial charge in [0.05, 0.1) is 11.8 Å². The maximum Gasteiger partial charge on any atom is 0.307 e. The van der Waals surface area contributed by atoms with Gasteiger partial charge in [0, 0.05) is 13.1 Å². The van der Waals surface area contributed by atoms with E-state index in [-0.39, 0.29) is 23.7 Å². The van der Waals surface area contributed by atoms with Gasteiger partial charge in [-0.15, -0.1) is 0 Å². The molecule has 5 heteroatoms. The van der Waals surface area contributed by atoms with Crippen molar-refractivity contribution < 1.29 is 14.7 Å². The van der Waals surface area contributed by atoms with E-state index in [2.05, 4.69) is 5.32 Å². The summed E-state index contributed by atoms with van der Waals surface area (Å²) in [6.45, 7) is 1.33. The number of carboxylic acid groups (broad SMARTS) is 1. The number of carbonyl (C=O) groups excluding carboxylic acids is 1. The predicted octanol–water partition coefficient (Wildman–Crippen LogP) is -0.203. The standard InChI is InChI=1S/C12H18N2O3/c1-14(2)6-5-13-11(15)9-7-3-4-8(7)10(9)12(16)17/h3-4,7-10H,5-6H2,1-2H3,(H,13,15)(H,16,17)/t7-,8?,9?,10?/m1/s1. The minimum atomic E-state index is -0.858. The summed E-state index contributed by atoms with van der Waals surface area (Å²) in [6, 6.07) is 0. The van der Waals surface area contributed by atoms with E-state index < -0.39 is 11.9 Å². The Kier molecular flexibility index (Phi) is 3.19. The number of allylic oxidation sites excluding steroid dienone is 2. The Morgan fingerprint density at radius 1 is 1.24 bits per heavy atom. The molecule has 0 heterocycles. The quantitative estimate of drug-likeness (QED) is 0.651. The fourth-order valence-electron chi connectivity index (χ4n) is 2.60. The molecule has 0 radical (unpaired) electrons. The van der Waals surface area contributed by atoms with Gasteiger partial charge in [-0.2, -0.15) is 0 Å². The lowest BCUT2D eigenvalue weighted by atomic mass is 9.51. The molecule has 0 aromatic heterocycles. The van der Waals surface area contributed by atoms with Crippen molar-refractivity contribution in [3.63, 3.8) is 0 Å². The van der Waals surface area contributed by atoms with Crippen LogP contribution in [0.1, 0.15) is 0 Å². The summed E-state index contributed by atoms with van der Waals surface area (Å²) in [5.41, 5.74) is 0. The summed E-state index contributed by atoms with van der Waals surface area (Å²) in [5.74, 6) is -1.64. The Hall–Kier alpha value is -1.36. The van der Waals surface area contributed by atoms with E-state index in [1.165, 1.54) is 0 Å².